The minimum Gasteiger partial charge on any atom is -0.672 e. The first-order chi connectivity index (χ1) is 12.2. The van der Waals surface area contributed by atoms with Gasteiger partial charge in [0.25, 0.3) is 5.91 Å². The van der Waals surface area contributed by atoms with Crippen molar-refractivity contribution in [3.8, 4) is 0 Å². The van der Waals surface area contributed by atoms with Crippen molar-refractivity contribution in [2.45, 2.75) is 38.1 Å². The van der Waals surface area contributed by atoms with Crippen LogP contribution in [0.5, 0.6) is 0 Å². The van der Waals surface area contributed by atoms with E-state index in [4.69, 9.17) is 22.4 Å². The molecule has 2 saturated carbocycles. The summed E-state index contributed by atoms with van der Waals surface area (Å²) >= 11 is 5.74. The van der Waals surface area contributed by atoms with E-state index in [0.29, 0.717) is 17.9 Å². The van der Waals surface area contributed by atoms with Crippen molar-refractivity contribution in [3.63, 3.8) is 0 Å². The fourth-order valence-corrected chi connectivity index (χ4v) is 4.00. The van der Waals surface area contributed by atoms with Gasteiger partial charge in [0.2, 0.25) is 0 Å². The van der Waals surface area contributed by atoms with Crippen LogP contribution in [0.4, 0.5) is 4.39 Å². The molecule has 27 heavy (non-hydrogen) atoms. The molecule has 5 nitrogen and oxygen atoms in total. The zero-order valence-corrected chi connectivity index (χ0v) is 19.1. The van der Waals surface area contributed by atoms with Gasteiger partial charge in [0.05, 0.1) is 6.73 Å². The maximum Gasteiger partial charge on any atom is 0.251 e. The fraction of sp³-hybridized carbons (Fsp3) is 0.632. The first-order valence-electron chi connectivity index (χ1n) is 9.03. The Hall–Kier alpha value is -0.522. The minimum absolute atomic E-state index is 0. The van der Waals surface area contributed by atoms with Crippen LogP contribution in [0.15, 0.2) is 18.2 Å². The van der Waals surface area contributed by atoms with E-state index in [1.54, 1.807) is 0 Å². The van der Waals surface area contributed by atoms with Crippen LogP contribution in [-0.2, 0) is 21.1 Å². The number of nitrogens with zero attached hydrogens (tertiary/aromatic N) is 1. The number of nitrogens with one attached hydrogen (secondary N) is 2. The van der Waals surface area contributed by atoms with Crippen LogP contribution in [0, 0.1) is 17.2 Å². The Morgan fingerprint density at radius 2 is 1.96 bits per heavy atom. The maximum absolute atomic E-state index is 13.2. The number of aliphatic hydroxyl groups excluding tert-OH is 1. The van der Waals surface area contributed by atoms with Crippen LogP contribution in [0.25, 0.3) is 5.73 Å². The summed E-state index contributed by atoms with van der Waals surface area (Å²) in [5.41, 5.74) is 7.66. The molecule has 0 bridgehead atoms. The number of benzene rings is 1. The number of aliphatic hydroxyl groups is 1. The summed E-state index contributed by atoms with van der Waals surface area (Å²) < 4.78 is 13.2. The number of hydrogen-bond acceptors (Lipinski definition) is 3. The van der Waals surface area contributed by atoms with Gasteiger partial charge in [-0.2, -0.15) is 0 Å². The quantitative estimate of drug-likeness (QED) is 0.586. The molecule has 2 aliphatic carbocycles. The van der Waals surface area contributed by atoms with Gasteiger partial charge in [-0.15, -0.1) is 5.54 Å². The Morgan fingerprint density at radius 3 is 2.44 bits per heavy atom. The summed E-state index contributed by atoms with van der Waals surface area (Å²) in [5.74, 6) is -0.324. The molecule has 1 aliphatic heterocycles. The fourth-order valence-electron chi connectivity index (χ4n) is 3.78. The van der Waals surface area contributed by atoms with E-state index in [1.165, 1.54) is 18.2 Å². The average molecular weight is 567 g/mol. The summed E-state index contributed by atoms with van der Waals surface area (Å²) in [6.45, 7) is 4.60. The normalized spacial score (nSPS) is 21.8. The minimum atomic E-state index is -0.506. The topological polar surface area (TPSA) is 76.4 Å². The van der Waals surface area contributed by atoms with Gasteiger partial charge < -0.3 is 16.2 Å². The second kappa shape index (κ2) is 8.87. The van der Waals surface area contributed by atoms with Crippen LogP contribution in [0.1, 0.15) is 43.0 Å². The third-order valence-corrected chi connectivity index (χ3v) is 5.66. The van der Waals surface area contributed by atoms with Crippen molar-refractivity contribution in [2.24, 2.45) is 11.3 Å². The Kier molecular flexibility index (Phi) is 7.48. The molecule has 0 aromatic heterocycles. The molecule has 8 heteroatoms. The van der Waals surface area contributed by atoms with E-state index in [2.05, 4.69) is 5.32 Å². The zero-order chi connectivity index (χ0) is 18.9. The number of rotatable bonds is 4. The molecule has 0 atom stereocenters. The average Bonchev–Trinajstić information content (AvgIpc) is 3.18. The molecule has 4 rings (SSSR count). The second-order valence-electron chi connectivity index (χ2n) is 8.33. The molecule has 150 valence electrons. The van der Waals surface area contributed by atoms with Crippen molar-refractivity contribution in [2.75, 3.05) is 26.4 Å². The van der Waals surface area contributed by atoms with Gasteiger partial charge in [-0.3, -0.25) is 9.69 Å². The van der Waals surface area contributed by atoms with Gasteiger partial charge >= 0.3 is 0 Å². The monoisotopic (exact) mass is 566 g/mol. The first kappa shape index (κ1) is 22.8. The number of carbonyl (C=O) groups is 1. The van der Waals surface area contributed by atoms with Gasteiger partial charge in [-0.05, 0) is 42.4 Å². The van der Waals surface area contributed by atoms with Gasteiger partial charge in [0.1, 0.15) is 5.82 Å². The first-order valence-corrected chi connectivity index (χ1v) is 9.41. The van der Waals surface area contributed by atoms with Crippen LogP contribution in [0.2, 0.25) is 5.02 Å². The van der Waals surface area contributed by atoms with Crippen molar-refractivity contribution >= 4 is 17.5 Å². The number of hydrogen-bond donors (Lipinski definition) is 2. The summed E-state index contributed by atoms with van der Waals surface area (Å²) in [4.78, 5) is 14.0. The second-order valence-corrected chi connectivity index (χ2v) is 8.77. The van der Waals surface area contributed by atoms with Crippen molar-refractivity contribution < 1.29 is 35.4 Å². The largest absolute Gasteiger partial charge is 0.672 e. The Balaban J connectivity index is 0.000000379. The van der Waals surface area contributed by atoms with Crippen LogP contribution in [-0.4, -0.2) is 47.8 Å². The molecular weight excluding hydrogens is 541 g/mol. The Bertz CT molecular complexity index is 649. The van der Waals surface area contributed by atoms with Crippen molar-refractivity contribution in [1.29, 1.82) is 0 Å². The summed E-state index contributed by atoms with van der Waals surface area (Å²) in [7, 11) is 0. The molecule has 1 saturated heterocycles. The van der Waals surface area contributed by atoms with Gasteiger partial charge in [-0.25, -0.2) is 4.39 Å². The maximum atomic E-state index is 13.2. The predicted octanol–water partition coefficient (Wildman–Crippen LogP) is 3.46. The summed E-state index contributed by atoms with van der Waals surface area (Å²) in [5, 5.41) is 12.0. The number of halogens is 2. The molecular formula is C19H26ClFN3O2W-. The van der Waals surface area contributed by atoms with E-state index in [9.17, 15) is 9.18 Å². The Labute approximate surface area is 179 Å². The smallest absolute Gasteiger partial charge is 0.251 e. The molecule has 3 aliphatic rings. The molecule has 1 amide bonds. The molecule has 1 heterocycles. The van der Waals surface area contributed by atoms with Gasteiger partial charge in [-0.1, -0.05) is 31.4 Å². The molecule has 3 fully saturated rings. The third kappa shape index (κ3) is 6.23. The van der Waals surface area contributed by atoms with Crippen molar-refractivity contribution in [1.82, 2.24) is 10.2 Å². The molecule has 0 radical (unpaired) electrons. The Morgan fingerprint density at radius 1 is 1.37 bits per heavy atom. The van der Waals surface area contributed by atoms with E-state index in [0.717, 1.165) is 38.8 Å². The van der Waals surface area contributed by atoms with E-state index < -0.39 is 5.82 Å². The van der Waals surface area contributed by atoms with E-state index >= 15 is 0 Å². The van der Waals surface area contributed by atoms with E-state index in [1.807, 2.05) is 11.8 Å². The van der Waals surface area contributed by atoms with Crippen LogP contribution >= 0.6 is 11.6 Å². The number of carbonyl (C=O) groups excluding carboxylic acids is 1. The third-order valence-electron chi connectivity index (χ3n) is 5.44. The number of likely N-dealkylation sites (tertiary alicyclic amines) is 1. The van der Waals surface area contributed by atoms with E-state index in [-0.39, 0.29) is 49.8 Å². The van der Waals surface area contributed by atoms with Crippen molar-refractivity contribution in [3.05, 3.63) is 40.3 Å². The predicted molar refractivity (Wildman–Crippen MR) is 99.5 cm³/mol. The summed E-state index contributed by atoms with van der Waals surface area (Å²) in [6, 6.07) is 3.83. The van der Waals surface area contributed by atoms with Gasteiger partial charge in [0.15, 0.2) is 0 Å². The number of amides is 1. The summed E-state index contributed by atoms with van der Waals surface area (Å²) in [6.07, 6.45) is 4.39. The van der Waals surface area contributed by atoms with Gasteiger partial charge in [0, 0.05) is 51.3 Å². The molecule has 3 N–H and O–H groups in total. The molecule has 0 unspecified atom stereocenters. The SMILES string of the molecule is CC1([NH-])CC1.O=C(NCC1CC2(C1)CN(CO)C2)c1cc(F)cc(Cl)c1.[W]. The molecule has 1 aromatic rings. The molecule has 1 spiro atoms. The van der Waals surface area contributed by atoms with Crippen LogP contribution in [0.3, 0.4) is 0 Å². The standard InChI is InChI=1S/C15H18ClFN2O2.C4H8N.W/c16-12-1-11(2-13(17)3-12)14(21)18-6-10-4-15(5-10)7-19(8-15)9-20;1-4(5)2-3-4;/h1-3,10,20H,4-9H2,(H,18,21);5H,2-3H2,1H3;/q;-1;. The van der Waals surface area contributed by atoms with Crippen LogP contribution < -0.4 is 5.32 Å². The zero-order valence-electron chi connectivity index (χ0n) is 15.4. The molecule has 1 aromatic carbocycles.